The molecular weight excluding hydrogens is 252 g/mol. The molecule has 1 aliphatic heterocycles. The van der Waals surface area contributed by atoms with Crippen molar-refractivity contribution >= 4 is 17.5 Å². The van der Waals surface area contributed by atoms with Crippen LogP contribution >= 0.6 is 11.6 Å². The van der Waals surface area contributed by atoms with Crippen molar-refractivity contribution in [3.8, 4) is 5.88 Å². The van der Waals surface area contributed by atoms with Crippen molar-refractivity contribution in [2.45, 2.75) is 18.9 Å². The number of amides is 1. The molecule has 5 heteroatoms. The molecule has 0 spiro atoms. The van der Waals surface area contributed by atoms with Crippen LogP contribution in [0.25, 0.3) is 0 Å². The molecule has 1 saturated heterocycles. The number of carbonyl (C=O) groups is 1. The quantitative estimate of drug-likeness (QED) is 0.768. The van der Waals surface area contributed by atoms with Crippen LogP contribution in [0.2, 0.25) is 5.02 Å². The van der Waals surface area contributed by atoms with Gasteiger partial charge in [-0.15, -0.1) is 6.58 Å². The fraction of sp³-hybridized carbons (Fsp3) is 0.385. The highest BCUT2D eigenvalue weighted by Gasteiger charge is 2.32. The van der Waals surface area contributed by atoms with Gasteiger partial charge in [0.2, 0.25) is 11.8 Å². The fourth-order valence-electron chi connectivity index (χ4n) is 1.72. The number of rotatable bonds is 5. The summed E-state index contributed by atoms with van der Waals surface area (Å²) in [6, 6.07) is 3.48. The van der Waals surface area contributed by atoms with Gasteiger partial charge in [0.1, 0.15) is 11.1 Å². The summed E-state index contributed by atoms with van der Waals surface area (Å²) in [7, 11) is 0. The first-order valence-corrected chi connectivity index (χ1v) is 6.24. The molecule has 1 aromatic heterocycles. The molecule has 0 aromatic carbocycles. The van der Waals surface area contributed by atoms with Crippen LogP contribution in [-0.4, -0.2) is 35.0 Å². The minimum absolute atomic E-state index is 0.00918. The van der Waals surface area contributed by atoms with Gasteiger partial charge < -0.3 is 9.64 Å². The molecule has 4 nitrogen and oxygen atoms in total. The highest BCUT2D eigenvalue weighted by atomic mass is 35.5. The lowest BCUT2D eigenvalue weighted by atomic mass is 10.1. The van der Waals surface area contributed by atoms with E-state index in [0.29, 0.717) is 36.8 Å². The highest BCUT2D eigenvalue weighted by molar-refractivity contribution is 6.31. The number of pyridine rings is 1. The van der Waals surface area contributed by atoms with Gasteiger partial charge in [-0.05, 0) is 18.6 Å². The van der Waals surface area contributed by atoms with Gasteiger partial charge in [-0.2, -0.15) is 0 Å². The zero-order chi connectivity index (χ0) is 13.0. The zero-order valence-electron chi connectivity index (χ0n) is 10.0. The van der Waals surface area contributed by atoms with Gasteiger partial charge in [0, 0.05) is 12.6 Å². The Morgan fingerprint density at radius 2 is 2.44 bits per heavy atom. The van der Waals surface area contributed by atoms with Crippen molar-refractivity contribution in [1.29, 1.82) is 0 Å². The van der Waals surface area contributed by atoms with Crippen LogP contribution in [0, 0.1) is 0 Å². The average Bonchev–Trinajstić information content (AvgIpc) is 2.32. The molecule has 1 fully saturated rings. The Morgan fingerprint density at radius 1 is 1.67 bits per heavy atom. The molecule has 2 heterocycles. The van der Waals surface area contributed by atoms with Gasteiger partial charge in [0.15, 0.2) is 0 Å². The third-order valence-corrected chi connectivity index (χ3v) is 3.05. The molecule has 0 atom stereocenters. The van der Waals surface area contributed by atoms with Crippen LogP contribution in [0.3, 0.4) is 0 Å². The van der Waals surface area contributed by atoms with Crippen molar-refractivity contribution in [2.24, 2.45) is 0 Å². The summed E-state index contributed by atoms with van der Waals surface area (Å²) in [5.74, 6) is 0.573. The lowest BCUT2D eigenvalue weighted by Gasteiger charge is -2.38. The summed E-state index contributed by atoms with van der Waals surface area (Å²) in [6.45, 7) is 4.80. The molecule has 1 aromatic rings. The van der Waals surface area contributed by atoms with Crippen LogP contribution in [-0.2, 0) is 4.79 Å². The molecular formula is C13H15ClN2O2. The van der Waals surface area contributed by atoms with Crippen molar-refractivity contribution in [2.75, 3.05) is 13.1 Å². The van der Waals surface area contributed by atoms with E-state index in [9.17, 15) is 4.79 Å². The maximum absolute atomic E-state index is 11.6. The molecule has 0 radical (unpaired) electrons. The number of hydrogen-bond donors (Lipinski definition) is 0. The number of hydrogen-bond acceptors (Lipinski definition) is 3. The van der Waals surface area contributed by atoms with Gasteiger partial charge in [-0.25, -0.2) is 4.98 Å². The lowest BCUT2D eigenvalue weighted by molar-refractivity contribution is -0.140. The van der Waals surface area contributed by atoms with E-state index in [2.05, 4.69) is 11.6 Å². The van der Waals surface area contributed by atoms with E-state index in [-0.39, 0.29) is 12.0 Å². The van der Waals surface area contributed by atoms with E-state index in [0.717, 1.165) is 0 Å². The monoisotopic (exact) mass is 266 g/mol. The fourth-order valence-corrected chi connectivity index (χ4v) is 1.88. The number of allylic oxidation sites excluding steroid dienone is 1. The predicted octanol–water partition coefficient (Wildman–Crippen LogP) is 2.29. The van der Waals surface area contributed by atoms with Crippen LogP contribution in [0.1, 0.15) is 12.8 Å². The van der Waals surface area contributed by atoms with Gasteiger partial charge in [-0.1, -0.05) is 17.7 Å². The van der Waals surface area contributed by atoms with Crippen molar-refractivity contribution < 1.29 is 9.53 Å². The van der Waals surface area contributed by atoms with E-state index in [1.807, 2.05) is 0 Å². The first-order valence-electron chi connectivity index (χ1n) is 5.86. The van der Waals surface area contributed by atoms with E-state index in [1.165, 1.54) is 0 Å². The van der Waals surface area contributed by atoms with E-state index in [4.69, 9.17) is 16.3 Å². The largest absolute Gasteiger partial charge is 0.470 e. The predicted molar refractivity (Wildman–Crippen MR) is 69.7 cm³/mol. The van der Waals surface area contributed by atoms with Crippen molar-refractivity contribution in [3.05, 3.63) is 36.0 Å². The molecule has 1 amide bonds. The number of nitrogens with zero attached hydrogens (tertiary/aromatic N) is 2. The van der Waals surface area contributed by atoms with E-state index in [1.54, 1.807) is 29.3 Å². The summed E-state index contributed by atoms with van der Waals surface area (Å²) in [5.41, 5.74) is 0. The highest BCUT2D eigenvalue weighted by Crippen LogP contribution is 2.24. The number of likely N-dealkylation sites (tertiary alicyclic amines) is 1. The van der Waals surface area contributed by atoms with Crippen molar-refractivity contribution in [3.63, 3.8) is 0 Å². The number of ether oxygens (including phenoxy) is 1. The van der Waals surface area contributed by atoms with Crippen LogP contribution in [0.15, 0.2) is 31.0 Å². The molecule has 0 unspecified atom stereocenters. The number of halogens is 1. The molecule has 0 bridgehead atoms. The Labute approximate surface area is 111 Å². The van der Waals surface area contributed by atoms with Gasteiger partial charge >= 0.3 is 0 Å². The summed E-state index contributed by atoms with van der Waals surface area (Å²) >= 11 is 5.94. The standard InChI is InChI=1S/C13H15ClN2O2/c1-2-3-6-12(17)16-8-10(9-16)18-13-11(14)5-4-7-15-13/h2,4-5,7,10H,1,3,6,8-9H2. The minimum atomic E-state index is -0.00918. The molecule has 96 valence electrons. The van der Waals surface area contributed by atoms with Gasteiger partial charge in [0.25, 0.3) is 0 Å². The molecule has 0 aliphatic carbocycles. The first kappa shape index (κ1) is 12.9. The Bertz CT molecular complexity index is 444. The second kappa shape index (κ2) is 5.87. The Kier molecular flexibility index (Phi) is 4.20. The topological polar surface area (TPSA) is 42.4 Å². The smallest absolute Gasteiger partial charge is 0.232 e. The molecule has 0 saturated carbocycles. The zero-order valence-corrected chi connectivity index (χ0v) is 10.8. The Morgan fingerprint density at radius 3 is 3.11 bits per heavy atom. The normalized spacial score (nSPS) is 15.1. The Hall–Kier alpha value is -1.55. The van der Waals surface area contributed by atoms with Crippen LogP contribution in [0.5, 0.6) is 5.88 Å². The minimum Gasteiger partial charge on any atom is -0.470 e. The molecule has 2 rings (SSSR count). The van der Waals surface area contributed by atoms with Gasteiger partial charge in [0.05, 0.1) is 13.1 Å². The average molecular weight is 267 g/mol. The van der Waals surface area contributed by atoms with Crippen molar-refractivity contribution in [1.82, 2.24) is 9.88 Å². The Balaban J connectivity index is 1.78. The maximum Gasteiger partial charge on any atom is 0.232 e. The number of carbonyl (C=O) groups excluding carboxylic acids is 1. The third kappa shape index (κ3) is 3.01. The van der Waals surface area contributed by atoms with Gasteiger partial charge in [-0.3, -0.25) is 4.79 Å². The molecule has 18 heavy (non-hydrogen) atoms. The molecule has 0 N–H and O–H groups in total. The van der Waals surface area contributed by atoms with E-state index >= 15 is 0 Å². The summed E-state index contributed by atoms with van der Waals surface area (Å²) in [5, 5.41) is 0.494. The summed E-state index contributed by atoms with van der Waals surface area (Å²) in [6.07, 6.45) is 4.60. The molecule has 1 aliphatic rings. The van der Waals surface area contributed by atoms with Crippen LogP contribution in [0.4, 0.5) is 0 Å². The lowest BCUT2D eigenvalue weighted by Crippen LogP contribution is -2.56. The number of aromatic nitrogens is 1. The third-order valence-electron chi connectivity index (χ3n) is 2.77. The summed E-state index contributed by atoms with van der Waals surface area (Å²) in [4.78, 5) is 17.4. The second-order valence-corrected chi connectivity index (χ2v) is 4.56. The van der Waals surface area contributed by atoms with Crippen LogP contribution < -0.4 is 4.74 Å². The maximum atomic E-state index is 11.6. The first-order chi connectivity index (χ1) is 8.70. The second-order valence-electron chi connectivity index (χ2n) is 4.16. The SMILES string of the molecule is C=CCCC(=O)N1CC(Oc2ncccc2Cl)C1. The van der Waals surface area contributed by atoms with E-state index < -0.39 is 0 Å². The summed E-state index contributed by atoms with van der Waals surface area (Å²) < 4.78 is 5.61.